The average Bonchev–Trinajstić information content (AvgIpc) is 3.14. The van der Waals surface area contributed by atoms with Crippen LogP contribution in [0.5, 0.6) is 0 Å². The molecule has 0 unspecified atom stereocenters. The van der Waals surface area contributed by atoms with Gasteiger partial charge in [0.2, 0.25) is 0 Å². The second-order valence-electron chi connectivity index (χ2n) is 5.93. The van der Waals surface area contributed by atoms with Gasteiger partial charge < -0.3 is 14.4 Å². The molecule has 0 radical (unpaired) electrons. The lowest BCUT2D eigenvalue weighted by Gasteiger charge is -2.28. The number of hydrogen-bond acceptors (Lipinski definition) is 6. The van der Waals surface area contributed by atoms with Crippen LogP contribution in [0.15, 0.2) is 35.1 Å². The summed E-state index contributed by atoms with van der Waals surface area (Å²) < 4.78 is 19.4. The van der Waals surface area contributed by atoms with Gasteiger partial charge in [0.05, 0.1) is 13.1 Å². The molecule has 2 atom stereocenters. The molecule has 1 saturated heterocycles. The van der Waals surface area contributed by atoms with E-state index in [0.717, 1.165) is 11.6 Å². The lowest BCUT2D eigenvalue weighted by molar-refractivity contribution is 0.228. The molecule has 23 heavy (non-hydrogen) atoms. The van der Waals surface area contributed by atoms with Crippen molar-refractivity contribution in [2.75, 3.05) is 25.0 Å². The van der Waals surface area contributed by atoms with Crippen LogP contribution >= 0.6 is 0 Å². The highest BCUT2D eigenvalue weighted by Gasteiger charge is 2.33. The van der Waals surface area contributed by atoms with Crippen molar-refractivity contribution in [2.45, 2.75) is 31.8 Å². The lowest BCUT2D eigenvalue weighted by atomic mass is 10.2. The fraction of sp³-hybridized carbons (Fsp3) is 0.500. The van der Waals surface area contributed by atoms with Gasteiger partial charge in [-0.1, -0.05) is 0 Å². The number of aliphatic hydroxyl groups excluding tert-OH is 1. The van der Waals surface area contributed by atoms with Crippen molar-refractivity contribution in [1.29, 1.82) is 0 Å². The molecule has 2 aromatic heterocycles. The number of hydrogen-bond donors (Lipinski definition) is 1. The van der Waals surface area contributed by atoms with Crippen LogP contribution in [-0.4, -0.2) is 52.3 Å². The van der Waals surface area contributed by atoms with Crippen LogP contribution < -0.4 is 4.90 Å². The number of nitrogens with zero attached hydrogens (tertiary/aromatic N) is 4. The Kier molecular flexibility index (Phi) is 4.88. The third kappa shape index (κ3) is 3.86. The van der Waals surface area contributed by atoms with E-state index in [9.17, 15) is 4.39 Å². The maximum Gasteiger partial charge on any atom is 0.132 e. The number of aliphatic hydroxyl groups is 1. The summed E-state index contributed by atoms with van der Waals surface area (Å²) >= 11 is 0. The average molecular weight is 320 g/mol. The van der Waals surface area contributed by atoms with Crippen molar-refractivity contribution in [3.05, 3.63) is 42.2 Å². The fourth-order valence-corrected chi connectivity index (χ4v) is 3.05. The van der Waals surface area contributed by atoms with Gasteiger partial charge >= 0.3 is 0 Å². The first kappa shape index (κ1) is 15.9. The summed E-state index contributed by atoms with van der Waals surface area (Å²) in [5.74, 6) is 2.11. The molecule has 1 fully saturated rings. The predicted octanol–water partition coefficient (Wildman–Crippen LogP) is 1.61. The van der Waals surface area contributed by atoms with Crippen molar-refractivity contribution in [3.8, 4) is 0 Å². The van der Waals surface area contributed by atoms with E-state index in [2.05, 4.69) is 14.9 Å². The van der Waals surface area contributed by atoms with Gasteiger partial charge in [0, 0.05) is 25.2 Å². The molecule has 0 saturated carbocycles. The number of likely N-dealkylation sites (N-methyl/N-ethyl adjacent to an activating group) is 1. The molecular weight excluding hydrogens is 299 g/mol. The molecule has 2 aromatic rings. The van der Waals surface area contributed by atoms with E-state index in [4.69, 9.17) is 9.52 Å². The number of rotatable bonds is 6. The molecule has 7 heteroatoms. The summed E-state index contributed by atoms with van der Waals surface area (Å²) in [6.07, 6.45) is 2.82. The summed E-state index contributed by atoms with van der Waals surface area (Å²) in [6.45, 7) is 1.59. The van der Waals surface area contributed by atoms with Crippen LogP contribution in [0.25, 0.3) is 0 Å². The molecule has 0 bridgehead atoms. The molecule has 3 rings (SSSR count). The first-order valence-electron chi connectivity index (χ1n) is 7.69. The minimum atomic E-state index is -0.840. The van der Waals surface area contributed by atoms with Crippen molar-refractivity contribution in [1.82, 2.24) is 14.9 Å². The molecule has 0 aliphatic carbocycles. The zero-order valence-electron chi connectivity index (χ0n) is 13.1. The third-order valence-electron chi connectivity index (χ3n) is 4.05. The zero-order valence-corrected chi connectivity index (χ0v) is 13.1. The van der Waals surface area contributed by atoms with Gasteiger partial charge in [-0.2, -0.15) is 0 Å². The lowest BCUT2D eigenvalue weighted by Crippen LogP contribution is -2.39. The van der Waals surface area contributed by atoms with Gasteiger partial charge in [-0.25, -0.2) is 14.4 Å². The van der Waals surface area contributed by atoms with Crippen LogP contribution in [0, 0.1) is 0 Å². The molecular formula is C16H21FN4O2. The molecule has 0 amide bonds. The quantitative estimate of drug-likeness (QED) is 0.872. The Morgan fingerprint density at radius 2 is 2.22 bits per heavy atom. The molecule has 0 aromatic carbocycles. The Bertz CT molecular complexity index is 622. The summed E-state index contributed by atoms with van der Waals surface area (Å²) in [4.78, 5) is 12.2. The van der Waals surface area contributed by atoms with E-state index >= 15 is 0 Å². The predicted molar refractivity (Wildman–Crippen MR) is 83.6 cm³/mol. The smallest absolute Gasteiger partial charge is 0.132 e. The zero-order chi connectivity index (χ0) is 16.2. The number of halogens is 1. The summed E-state index contributed by atoms with van der Waals surface area (Å²) in [5, 5.41) is 9.04. The van der Waals surface area contributed by atoms with E-state index in [0.29, 0.717) is 31.8 Å². The monoisotopic (exact) mass is 320 g/mol. The highest BCUT2D eigenvalue weighted by Crippen LogP contribution is 2.26. The summed E-state index contributed by atoms with van der Waals surface area (Å²) in [6, 6.07) is 5.50. The normalized spacial score (nSPS) is 21.3. The fourth-order valence-electron chi connectivity index (χ4n) is 3.05. The molecule has 124 valence electrons. The molecule has 1 aliphatic rings. The number of furan rings is 1. The Hall–Kier alpha value is -1.99. The van der Waals surface area contributed by atoms with Crippen LogP contribution in [0.3, 0.4) is 0 Å². The van der Waals surface area contributed by atoms with E-state index < -0.39 is 6.17 Å². The summed E-state index contributed by atoms with van der Waals surface area (Å²) in [7, 11) is 1.98. The Morgan fingerprint density at radius 3 is 2.91 bits per heavy atom. The van der Waals surface area contributed by atoms with Crippen LogP contribution in [0.1, 0.15) is 17.9 Å². The maximum atomic E-state index is 13.9. The first-order valence-corrected chi connectivity index (χ1v) is 7.69. The minimum Gasteiger partial charge on any atom is -0.462 e. The molecule has 1 aliphatic heterocycles. The van der Waals surface area contributed by atoms with Crippen LogP contribution in [0.4, 0.5) is 10.2 Å². The number of alkyl halides is 1. The maximum absolute atomic E-state index is 13.9. The van der Waals surface area contributed by atoms with E-state index in [1.54, 1.807) is 12.3 Å². The Labute approximate surface area is 134 Å². The molecule has 0 spiro atoms. The Balaban J connectivity index is 1.63. The van der Waals surface area contributed by atoms with Gasteiger partial charge in [0.15, 0.2) is 0 Å². The van der Waals surface area contributed by atoms with Gasteiger partial charge in [-0.15, -0.1) is 0 Å². The van der Waals surface area contributed by atoms with Crippen LogP contribution in [-0.2, 0) is 13.2 Å². The topological polar surface area (TPSA) is 65.6 Å². The van der Waals surface area contributed by atoms with Crippen molar-refractivity contribution >= 4 is 5.82 Å². The highest BCUT2D eigenvalue weighted by atomic mass is 19.1. The summed E-state index contributed by atoms with van der Waals surface area (Å²) in [5.41, 5.74) is 0. The van der Waals surface area contributed by atoms with Crippen molar-refractivity contribution in [2.24, 2.45) is 0 Å². The minimum absolute atomic E-state index is 0.0668. The highest BCUT2D eigenvalue weighted by molar-refractivity contribution is 5.40. The van der Waals surface area contributed by atoms with Crippen molar-refractivity contribution in [3.63, 3.8) is 0 Å². The van der Waals surface area contributed by atoms with Gasteiger partial charge in [-0.3, -0.25) is 4.90 Å². The number of aromatic nitrogens is 2. The molecule has 1 N–H and O–H groups in total. The molecule has 3 heterocycles. The second-order valence-corrected chi connectivity index (χ2v) is 5.93. The van der Waals surface area contributed by atoms with Gasteiger partial charge in [0.1, 0.15) is 36.4 Å². The van der Waals surface area contributed by atoms with Crippen LogP contribution in [0.2, 0.25) is 0 Å². The Morgan fingerprint density at radius 1 is 1.39 bits per heavy atom. The largest absolute Gasteiger partial charge is 0.462 e. The first-order chi connectivity index (χ1) is 11.2. The van der Waals surface area contributed by atoms with E-state index in [-0.39, 0.29) is 12.6 Å². The second kappa shape index (κ2) is 7.06. The van der Waals surface area contributed by atoms with Crippen molar-refractivity contribution < 1.29 is 13.9 Å². The third-order valence-corrected chi connectivity index (χ3v) is 4.05. The standard InChI is InChI=1S/C16H21FN4O2/c1-20(9-14-2-3-15(10-22)23-14)8-13-6-12(17)7-21(13)16-4-5-18-11-19-16/h2-5,11-13,22H,6-10H2,1H3/t12-,13-/m0/s1. The number of anilines is 1. The van der Waals surface area contributed by atoms with Gasteiger partial charge in [-0.05, 0) is 25.2 Å². The SMILES string of the molecule is CN(Cc1ccc(CO)o1)C[C@@H]1C[C@H](F)CN1c1ccncn1. The molecule has 6 nitrogen and oxygen atoms in total. The van der Waals surface area contributed by atoms with Gasteiger partial charge in [0.25, 0.3) is 0 Å². The van der Waals surface area contributed by atoms with E-state index in [1.807, 2.05) is 24.1 Å². The van der Waals surface area contributed by atoms with E-state index in [1.165, 1.54) is 6.33 Å².